The van der Waals surface area contributed by atoms with Crippen molar-refractivity contribution in [2.24, 2.45) is 0 Å². The Bertz CT molecular complexity index is 1410. The van der Waals surface area contributed by atoms with E-state index in [2.05, 4.69) is 0 Å². The summed E-state index contributed by atoms with van der Waals surface area (Å²) >= 11 is 1.52. The van der Waals surface area contributed by atoms with E-state index >= 15 is 0 Å². The molecule has 4 aromatic rings. The largest absolute Gasteiger partial charge is 0.486 e. The lowest BCUT2D eigenvalue weighted by Crippen LogP contribution is -2.33. The van der Waals surface area contributed by atoms with E-state index in [1.165, 1.54) is 23.9 Å². The minimum Gasteiger partial charge on any atom is -0.486 e. The number of thioether (sulfide) groups is 1. The first-order valence-electron chi connectivity index (χ1n) is 11.2. The summed E-state index contributed by atoms with van der Waals surface area (Å²) < 4.78 is 26.0. The van der Waals surface area contributed by atoms with E-state index < -0.39 is 4.92 Å². The van der Waals surface area contributed by atoms with Gasteiger partial charge in [-0.25, -0.2) is 4.98 Å². The van der Waals surface area contributed by atoms with Crippen molar-refractivity contribution in [1.82, 2.24) is 9.55 Å². The van der Waals surface area contributed by atoms with Crippen LogP contribution in [0.5, 0.6) is 23.0 Å². The first-order chi connectivity index (χ1) is 17.1. The molecule has 3 heterocycles. The number of nitrogens with zero attached hydrogens (tertiary/aromatic N) is 3. The van der Waals surface area contributed by atoms with E-state index in [1.807, 2.05) is 53.1 Å². The van der Waals surface area contributed by atoms with Crippen LogP contribution in [0.3, 0.4) is 0 Å². The molecular weight excluding hydrogens is 470 g/mol. The maximum absolute atomic E-state index is 11.3. The standard InChI is InChI=1S/C25H21N3O6S/c29-28(30)16-9-10-20-19(11-16)26-25(35-15-18-14-32-22-6-2-4-8-24(22)34-18)27(20)12-17-13-31-21-5-1-3-7-23(21)33-17/h1-11,17-18H,12-15H2/t17-,18+/m0/s1. The minimum atomic E-state index is -0.412. The Morgan fingerprint density at radius 1 is 0.914 bits per heavy atom. The molecule has 178 valence electrons. The van der Waals surface area contributed by atoms with E-state index in [1.54, 1.807) is 6.07 Å². The van der Waals surface area contributed by atoms with E-state index in [-0.39, 0.29) is 17.9 Å². The minimum absolute atomic E-state index is 0.00509. The zero-order chi connectivity index (χ0) is 23.8. The van der Waals surface area contributed by atoms with Crippen LogP contribution in [0.2, 0.25) is 0 Å². The predicted octanol–water partition coefficient (Wildman–Crippen LogP) is 4.72. The first kappa shape index (κ1) is 21.6. The lowest BCUT2D eigenvalue weighted by Gasteiger charge is -2.28. The van der Waals surface area contributed by atoms with Gasteiger partial charge in [0.2, 0.25) is 0 Å². The van der Waals surface area contributed by atoms with Crippen molar-refractivity contribution in [2.45, 2.75) is 23.9 Å². The van der Waals surface area contributed by atoms with Crippen LogP contribution in [-0.4, -0.2) is 45.6 Å². The number of aromatic nitrogens is 2. The average molecular weight is 492 g/mol. The van der Waals surface area contributed by atoms with Gasteiger partial charge in [-0.1, -0.05) is 36.0 Å². The monoisotopic (exact) mass is 491 g/mol. The van der Waals surface area contributed by atoms with Gasteiger partial charge in [0.05, 0.1) is 22.5 Å². The number of nitro benzene ring substituents is 1. The molecule has 0 fully saturated rings. The fraction of sp³-hybridized carbons (Fsp3) is 0.240. The molecule has 0 unspecified atom stereocenters. The average Bonchev–Trinajstić information content (AvgIpc) is 3.23. The maximum Gasteiger partial charge on any atom is 0.271 e. The van der Waals surface area contributed by atoms with Gasteiger partial charge in [0, 0.05) is 17.9 Å². The SMILES string of the molecule is O=[N+]([O-])c1ccc2c(c1)nc(SC[C@H]1COc3ccccc3O1)n2C[C@H]1COc2ccccc2O1. The van der Waals surface area contributed by atoms with Crippen LogP contribution in [0.25, 0.3) is 11.0 Å². The summed E-state index contributed by atoms with van der Waals surface area (Å²) in [5.74, 6) is 3.48. The number of non-ortho nitro benzene ring substituents is 1. The summed E-state index contributed by atoms with van der Waals surface area (Å²) in [5, 5.41) is 12.0. The molecule has 6 rings (SSSR count). The number of imidazole rings is 1. The number of para-hydroxylation sites is 4. The molecule has 0 amide bonds. The summed E-state index contributed by atoms with van der Waals surface area (Å²) in [5.41, 5.74) is 1.36. The molecule has 2 aliphatic rings. The fourth-order valence-electron chi connectivity index (χ4n) is 4.17. The third kappa shape index (κ3) is 4.32. The first-order valence-corrected chi connectivity index (χ1v) is 12.2. The van der Waals surface area contributed by atoms with Gasteiger partial charge in [-0.3, -0.25) is 10.1 Å². The van der Waals surface area contributed by atoms with Gasteiger partial charge in [0.1, 0.15) is 19.3 Å². The molecule has 10 heteroatoms. The Morgan fingerprint density at radius 2 is 1.54 bits per heavy atom. The summed E-state index contributed by atoms with van der Waals surface area (Å²) in [6, 6.07) is 19.9. The Kier molecular flexibility index (Phi) is 5.57. The number of hydrogen-bond donors (Lipinski definition) is 0. The number of hydrogen-bond acceptors (Lipinski definition) is 8. The van der Waals surface area contributed by atoms with Gasteiger partial charge in [-0.05, 0) is 30.3 Å². The number of ether oxygens (including phenoxy) is 4. The van der Waals surface area contributed by atoms with E-state index in [4.69, 9.17) is 23.9 Å². The zero-order valence-electron chi connectivity index (χ0n) is 18.5. The third-order valence-corrected chi connectivity index (χ3v) is 6.94. The lowest BCUT2D eigenvalue weighted by atomic mass is 10.2. The van der Waals surface area contributed by atoms with Crippen molar-refractivity contribution in [3.05, 3.63) is 76.8 Å². The summed E-state index contributed by atoms with van der Waals surface area (Å²) in [6.45, 7) is 1.31. The molecule has 0 saturated carbocycles. The molecule has 35 heavy (non-hydrogen) atoms. The van der Waals surface area contributed by atoms with Crippen LogP contribution in [0.15, 0.2) is 71.9 Å². The second kappa shape index (κ2) is 9.03. The van der Waals surface area contributed by atoms with Crippen molar-refractivity contribution in [2.75, 3.05) is 19.0 Å². The highest BCUT2D eigenvalue weighted by atomic mass is 32.2. The van der Waals surface area contributed by atoms with E-state index in [0.717, 1.165) is 27.9 Å². The number of rotatable bonds is 6. The van der Waals surface area contributed by atoms with Crippen LogP contribution in [-0.2, 0) is 6.54 Å². The molecule has 0 radical (unpaired) electrons. The summed E-state index contributed by atoms with van der Waals surface area (Å²) in [7, 11) is 0. The Labute approximate surface area is 204 Å². The van der Waals surface area contributed by atoms with Gasteiger partial charge in [-0.15, -0.1) is 0 Å². The van der Waals surface area contributed by atoms with Crippen molar-refractivity contribution in [1.29, 1.82) is 0 Å². The summed E-state index contributed by atoms with van der Waals surface area (Å²) in [4.78, 5) is 15.6. The van der Waals surface area contributed by atoms with E-state index in [9.17, 15) is 10.1 Å². The van der Waals surface area contributed by atoms with E-state index in [0.29, 0.717) is 36.8 Å². The van der Waals surface area contributed by atoms with Crippen molar-refractivity contribution < 1.29 is 23.9 Å². The number of nitro groups is 1. The Morgan fingerprint density at radius 3 is 2.23 bits per heavy atom. The van der Waals surface area contributed by atoms with Crippen LogP contribution in [0.4, 0.5) is 5.69 Å². The highest BCUT2D eigenvalue weighted by molar-refractivity contribution is 7.99. The van der Waals surface area contributed by atoms with Crippen LogP contribution in [0.1, 0.15) is 0 Å². The molecule has 0 N–H and O–H groups in total. The molecule has 0 aliphatic carbocycles. The lowest BCUT2D eigenvalue weighted by molar-refractivity contribution is -0.384. The molecule has 1 aromatic heterocycles. The number of fused-ring (bicyclic) bond motifs is 3. The van der Waals surface area contributed by atoms with Gasteiger partial charge >= 0.3 is 0 Å². The van der Waals surface area contributed by atoms with Crippen molar-refractivity contribution >= 4 is 28.5 Å². The third-order valence-electron chi connectivity index (χ3n) is 5.83. The zero-order valence-corrected chi connectivity index (χ0v) is 19.3. The van der Waals surface area contributed by atoms with Crippen LogP contribution in [0, 0.1) is 10.1 Å². The highest BCUT2D eigenvalue weighted by Gasteiger charge is 2.26. The molecule has 0 spiro atoms. The van der Waals surface area contributed by atoms with Gasteiger partial charge in [-0.2, -0.15) is 0 Å². The van der Waals surface area contributed by atoms with Gasteiger partial charge in [0.15, 0.2) is 34.3 Å². The second-order valence-electron chi connectivity index (χ2n) is 8.24. The van der Waals surface area contributed by atoms with Crippen LogP contribution < -0.4 is 18.9 Å². The Hall–Kier alpha value is -3.92. The quantitative estimate of drug-likeness (QED) is 0.217. The second-order valence-corrected chi connectivity index (χ2v) is 9.23. The van der Waals surface area contributed by atoms with Gasteiger partial charge < -0.3 is 23.5 Å². The van der Waals surface area contributed by atoms with Crippen molar-refractivity contribution in [3.8, 4) is 23.0 Å². The molecule has 0 bridgehead atoms. The molecule has 0 saturated heterocycles. The molecular formula is C25H21N3O6S. The molecule has 3 aromatic carbocycles. The van der Waals surface area contributed by atoms with Gasteiger partial charge in [0.25, 0.3) is 5.69 Å². The number of benzene rings is 3. The normalized spacial score (nSPS) is 18.4. The topological polar surface area (TPSA) is 97.9 Å². The smallest absolute Gasteiger partial charge is 0.271 e. The predicted molar refractivity (Wildman–Crippen MR) is 130 cm³/mol. The Balaban J connectivity index is 1.26. The molecule has 2 aliphatic heterocycles. The molecule has 2 atom stereocenters. The fourth-order valence-corrected chi connectivity index (χ4v) is 5.16. The van der Waals surface area contributed by atoms with Crippen LogP contribution >= 0.6 is 11.8 Å². The maximum atomic E-state index is 11.3. The molecule has 9 nitrogen and oxygen atoms in total. The summed E-state index contributed by atoms with van der Waals surface area (Å²) in [6.07, 6.45) is -0.392. The highest BCUT2D eigenvalue weighted by Crippen LogP contribution is 2.35. The van der Waals surface area contributed by atoms with Crippen molar-refractivity contribution in [3.63, 3.8) is 0 Å².